The topological polar surface area (TPSA) is 56.4 Å². The van der Waals surface area contributed by atoms with Crippen molar-refractivity contribution in [2.24, 2.45) is 11.7 Å². The highest BCUT2D eigenvalue weighted by Crippen LogP contribution is 2.27. The summed E-state index contributed by atoms with van der Waals surface area (Å²) in [6.45, 7) is 8.72. The van der Waals surface area contributed by atoms with E-state index in [1.54, 1.807) is 4.90 Å². The van der Waals surface area contributed by atoms with E-state index in [9.17, 15) is 13.2 Å². The fourth-order valence-electron chi connectivity index (χ4n) is 2.24. The summed E-state index contributed by atoms with van der Waals surface area (Å²) in [5, 5.41) is 7.09. The van der Waals surface area contributed by atoms with Crippen molar-refractivity contribution in [1.82, 2.24) is 9.80 Å². The molecule has 112 valence electrons. The average molecular weight is 280 g/mol. The Hall–Kier alpha value is -0.820. The molecule has 1 aliphatic heterocycles. The molecule has 1 heterocycles. The van der Waals surface area contributed by atoms with Crippen LogP contribution in [0.15, 0.2) is 0 Å². The number of nitrogens with one attached hydrogen (secondary N) is 1. The summed E-state index contributed by atoms with van der Waals surface area (Å²) in [6.07, 6.45) is -4.44. The molecule has 0 amide bonds. The largest absolute Gasteiger partial charge is 0.399 e. The zero-order valence-electron chi connectivity index (χ0n) is 11.7. The van der Waals surface area contributed by atoms with E-state index in [-0.39, 0.29) is 12.1 Å². The highest BCUT2D eigenvalue weighted by Gasteiger charge is 2.43. The van der Waals surface area contributed by atoms with Gasteiger partial charge >= 0.3 is 6.18 Å². The number of alkyl halides is 3. The van der Waals surface area contributed by atoms with Gasteiger partial charge in [-0.2, -0.15) is 13.2 Å². The molecule has 0 bridgehead atoms. The van der Waals surface area contributed by atoms with Crippen molar-refractivity contribution in [3.63, 3.8) is 0 Å². The Bertz CT molecular complexity index is 314. The molecule has 0 aromatic heterocycles. The van der Waals surface area contributed by atoms with Crippen molar-refractivity contribution < 1.29 is 13.2 Å². The predicted octanol–water partition coefficient (Wildman–Crippen LogP) is 1.52. The van der Waals surface area contributed by atoms with Crippen LogP contribution in [0.1, 0.15) is 20.8 Å². The van der Waals surface area contributed by atoms with E-state index in [1.165, 1.54) is 0 Å². The maximum Gasteiger partial charge on any atom is 0.399 e. The van der Waals surface area contributed by atoms with Crippen molar-refractivity contribution in [2.45, 2.75) is 32.5 Å². The maximum atomic E-state index is 12.7. The molecule has 1 unspecified atom stereocenters. The lowest BCUT2D eigenvalue weighted by atomic mass is 10.0. The van der Waals surface area contributed by atoms with Gasteiger partial charge in [0, 0.05) is 38.3 Å². The first-order valence-electron chi connectivity index (χ1n) is 6.40. The van der Waals surface area contributed by atoms with Crippen LogP contribution in [0, 0.1) is 11.3 Å². The molecule has 0 aliphatic carbocycles. The quantitative estimate of drug-likeness (QED) is 0.609. The van der Waals surface area contributed by atoms with Crippen molar-refractivity contribution >= 4 is 5.84 Å². The minimum atomic E-state index is -4.44. The molecule has 0 saturated carbocycles. The Kier molecular flexibility index (Phi) is 4.84. The first-order chi connectivity index (χ1) is 8.51. The molecule has 1 saturated heterocycles. The number of rotatable bonds is 3. The number of nitrogens with two attached hydrogens (primary N) is 1. The third-order valence-electron chi connectivity index (χ3n) is 3.53. The lowest BCUT2D eigenvalue weighted by Gasteiger charge is -2.43. The summed E-state index contributed by atoms with van der Waals surface area (Å²) < 4.78 is 38.2. The average Bonchev–Trinajstić information content (AvgIpc) is 2.23. The van der Waals surface area contributed by atoms with Crippen molar-refractivity contribution in [1.29, 1.82) is 5.41 Å². The molecule has 3 N–H and O–H groups in total. The van der Waals surface area contributed by atoms with Gasteiger partial charge in [-0.1, -0.05) is 0 Å². The van der Waals surface area contributed by atoms with Gasteiger partial charge in [-0.3, -0.25) is 15.2 Å². The number of halogens is 3. The lowest BCUT2D eigenvalue weighted by Crippen LogP contribution is -2.55. The summed E-state index contributed by atoms with van der Waals surface area (Å²) in [7, 11) is 0. The highest BCUT2D eigenvalue weighted by atomic mass is 19.4. The van der Waals surface area contributed by atoms with Gasteiger partial charge in [0.2, 0.25) is 0 Å². The van der Waals surface area contributed by atoms with Gasteiger partial charge in [-0.25, -0.2) is 0 Å². The minimum Gasteiger partial charge on any atom is -0.387 e. The molecule has 19 heavy (non-hydrogen) atoms. The van der Waals surface area contributed by atoms with Gasteiger partial charge in [0.25, 0.3) is 0 Å². The van der Waals surface area contributed by atoms with Crippen LogP contribution in [0.4, 0.5) is 13.2 Å². The lowest BCUT2D eigenvalue weighted by molar-refractivity contribution is -0.161. The van der Waals surface area contributed by atoms with Crippen LogP contribution < -0.4 is 5.73 Å². The smallest absolute Gasteiger partial charge is 0.387 e. The standard InChI is InChI=1S/C12H23F3N4/c1-11(2,3)19-6-4-18(5-7-19)8-9(10(16)17)12(13,14)15/h9H,4-8H2,1-3H3,(H3,16,17). The fourth-order valence-corrected chi connectivity index (χ4v) is 2.24. The van der Waals surface area contributed by atoms with Crippen LogP contribution >= 0.6 is 0 Å². The van der Waals surface area contributed by atoms with Gasteiger partial charge in [0.05, 0.1) is 0 Å². The van der Waals surface area contributed by atoms with Gasteiger partial charge in [0.1, 0.15) is 11.8 Å². The Balaban J connectivity index is 2.54. The monoisotopic (exact) mass is 280 g/mol. The molecule has 0 aromatic rings. The Morgan fingerprint density at radius 1 is 1.16 bits per heavy atom. The first kappa shape index (κ1) is 16.2. The van der Waals surface area contributed by atoms with E-state index in [1.807, 2.05) is 0 Å². The van der Waals surface area contributed by atoms with E-state index in [2.05, 4.69) is 25.7 Å². The second-order valence-electron chi connectivity index (χ2n) is 6.01. The zero-order chi connectivity index (χ0) is 14.8. The van der Waals surface area contributed by atoms with E-state index in [0.29, 0.717) is 13.1 Å². The molecule has 1 atom stereocenters. The summed E-state index contributed by atoms with van der Waals surface area (Å²) >= 11 is 0. The molecule has 4 nitrogen and oxygen atoms in total. The molecule has 0 aromatic carbocycles. The third kappa shape index (κ3) is 4.65. The van der Waals surface area contributed by atoms with E-state index >= 15 is 0 Å². The summed E-state index contributed by atoms with van der Waals surface area (Å²) in [4.78, 5) is 3.99. The number of nitrogens with zero attached hydrogens (tertiary/aromatic N) is 2. The second kappa shape index (κ2) is 5.66. The maximum absolute atomic E-state index is 12.7. The molecule has 1 aliphatic rings. The van der Waals surface area contributed by atoms with Crippen molar-refractivity contribution in [3.05, 3.63) is 0 Å². The Labute approximate surface area is 112 Å². The van der Waals surface area contributed by atoms with Gasteiger partial charge < -0.3 is 5.73 Å². The van der Waals surface area contributed by atoms with Crippen LogP contribution in [0.3, 0.4) is 0 Å². The van der Waals surface area contributed by atoms with Crippen LogP contribution in [-0.4, -0.2) is 60.1 Å². The number of hydrogen-bond acceptors (Lipinski definition) is 3. The molecule has 0 spiro atoms. The molecule has 1 fully saturated rings. The fraction of sp³-hybridized carbons (Fsp3) is 0.917. The van der Waals surface area contributed by atoms with Gasteiger partial charge in [-0.05, 0) is 20.8 Å². The summed E-state index contributed by atoms with van der Waals surface area (Å²) in [5.74, 6) is -2.65. The molecular weight excluding hydrogens is 257 g/mol. The van der Waals surface area contributed by atoms with Crippen molar-refractivity contribution in [3.8, 4) is 0 Å². The highest BCUT2D eigenvalue weighted by molar-refractivity contribution is 5.80. The Morgan fingerprint density at radius 3 is 1.95 bits per heavy atom. The second-order valence-corrected chi connectivity index (χ2v) is 6.01. The van der Waals surface area contributed by atoms with Gasteiger partial charge in [0.15, 0.2) is 0 Å². The third-order valence-corrected chi connectivity index (χ3v) is 3.53. The van der Waals surface area contributed by atoms with Crippen LogP contribution in [-0.2, 0) is 0 Å². The number of hydrogen-bond donors (Lipinski definition) is 2. The first-order valence-corrected chi connectivity index (χ1v) is 6.40. The van der Waals surface area contributed by atoms with Crippen LogP contribution in [0.25, 0.3) is 0 Å². The molecular formula is C12H23F3N4. The number of amidine groups is 1. The Morgan fingerprint density at radius 2 is 1.63 bits per heavy atom. The van der Waals surface area contributed by atoms with Crippen molar-refractivity contribution in [2.75, 3.05) is 32.7 Å². The summed E-state index contributed by atoms with van der Waals surface area (Å²) in [5.41, 5.74) is 5.10. The minimum absolute atomic E-state index is 0.0378. The number of piperazine rings is 1. The van der Waals surface area contributed by atoms with E-state index in [0.717, 1.165) is 13.1 Å². The van der Waals surface area contributed by atoms with Crippen LogP contribution in [0.2, 0.25) is 0 Å². The van der Waals surface area contributed by atoms with Crippen LogP contribution in [0.5, 0.6) is 0 Å². The predicted molar refractivity (Wildman–Crippen MR) is 69.2 cm³/mol. The molecule has 7 heteroatoms. The summed E-state index contributed by atoms with van der Waals surface area (Å²) in [6, 6.07) is 0. The molecule has 0 radical (unpaired) electrons. The van der Waals surface area contributed by atoms with E-state index < -0.39 is 17.9 Å². The van der Waals surface area contributed by atoms with E-state index in [4.69, 9.17) is 11.1 Å². The van der Waals surface area contributed by atoms with Gasteiger partial charge in [-0.15, -0.1) is 0 Å². The SMILES string of the molecule is CC(C)(C)N1CCN(CC(C(=N)N)C(F)(F)F)CC1. The zero-order valence-corrected chi connectivity index (χ0v) is 11.7. The normalized spacial score (nSPS) is 21.4. The molecule has 1 rings (SSSR count).